The summed E-state index contributed by atoms with van der Waals surface area (Å²) >= 11 is 0. The van der Waals surface area contributed by atoms with Gasteiger partial charge in [-0.25, -0.2) is 0 Å². The van der Waals surface area contributed by atoms with Crippen LogP contribution in [-0.4, -0.2) is 29.4 Å². The zero-order valence-corrected chi connectivity index (χ0v) is 15.2. The molecule has 2 aromatic rings. The van der Waals surface area contributed by atoms with Crippen LogP contribution in [0.5, 0.6) is 5.75 Å². The molecule has 0 aromatic heterocycles. The molecule has 29 heavy (non-hydrogen) atoms. The topological polar surface area (TPSA) is 146 Å². The number of hydrogen-bond donors (Lipinski definition) is 3. The van der Waals surface area contributed by atoms with Crippen LogP contribution in [-0.2, 0) is 4.79 Å². The molecule has 2 amide bonds. The molecule has 0 bridgehead atoms. The Morgan fingerprint density at radius 1 is 1.17 bits per heavy atom. The molecule has 3 N–H and O–H groups in total. The Morgan fingerprint density at radius 3 is 2.52 bits per heavy atom. The second-order valence-corrected chi connectivity index (χ2v) is 6.33. The molecule has 0 heterocycles. The molecule has 3 rings (SSSR count). The second-order valence-electron chi connectivity index (χ2n) is 6.33. The molecule has 0 atom stereocenters. The van der Waals surface area contributed by atoms with Crippen LogP contribution in [0.2, 0.25) is 0 Å². The van der Waals surface area contributed by atoms with Crippen LogP contribution in [0.25, 0.3) is 0 Å². The quantitative estimate of drug-likeness (QED) is 0.479. The Kier molecular flexibility index (Phi) is 5.89. The lowest BCUT2D eigenvalue weighted by atomic mass is 10.1. The highest BCUT2D eigenvalue weighted by Crippen LogP contribution is 2.31. The number of benzene rings is 2. The summed E-state index contributed by atoms with van der Waals surface area (Å²) in [6, 6.07) is 12.4. The maximum Gasteiger partial charge on any atom is 0.293 e. The first-order chi connectivity index (χ1) is 14.0. The zero-order chi connectivity index (χ0) is 20.8. The lowest BCUT2D eigenvalue weighted by molar-refractivity contribution is -0.384. The van der Waals surface area contributed by atoms with Gasteiger partial charge in [-0.15, -0.1) is 0 Å². The van der Waals surface area contributed by atoms with Crippen LogP contribution in [0.15, 0.2) is 42.5 Å². The predicted octanol–water partition coefficient (Wildman–Crippen LogP) is 1.88. The molecule has 0 saturated heterocycles. The summed E-state index contributed by atoms with van der Waals surface area (Å²) in [6.45, 7) is -0.365. The molecule has 1 fully saturated rings. The highest BCUT2D eigenvalue weighted by Gasteiger charge is 2.25. The number of hydrogen-bond acceptors (Lipinski definition) is 7. The average molecular weight is 395 g/mol. The van der Waals surface area contributed by atoms with E-state index in [1.54, 1.807) is 24.3 Å². The monoisotopic (exact) mass is 395 g/mol. The molecule has 1 aliphatic carbocycles. The van der Waals surface area contributed by atoms with Crippen molar-refractivity contribution >= 4 is 23.2 Å². The summed E-state index contributed by atoms with van der Waals surface area (Å²) in [5.41, 5.74) is 5.01. The van der Waals surface area contributed by atoms with Crippen molar-refractivity contribution in [3.8, 4) is 11.8 Å². The molecule has 1 saturated carbocycles. The summed E-state index contributed by atoms with van der Waals surface area (Å²) in [4.78, 5) is 34.7. The lowest BCUT2D eigenvalue weighted by Crippen LogP contribution is -2.43. The summed E-state index contributed by atoms with van der Waals surface area (Å²) < 4.78 is 5.24. The van der Waals surface area contributed by atoms with Gasteiger partial charge in [0.1, 0.15) is 11.4 Å². The third-order valence-electron chi connectivity index (χ3n) is 4.06. The van der Waals surface area contributed by atoms with Crippen LogP contribution >= 0.6 is 0 Å². The van der Waals surface area contributed by atoms with Gasteiger partial charge in [0.25, 0.3) is 17.5 Å². The number of ether oxygens (including phenoxy) is 1. The van der Waals surface area contributed by atoms with Gasteiger partial charge in [0.2, 0.25) is 0 Å². The number of amides is 2. The van der Waals surface area contributed by atoms with Gasteiger partial charge >= 0.3 is 0 Å². The van der Waals surface area contributed by atoms with E-state index in [9.17, 15) is 19.7 Å². The van der Waals surface area contributed by atoms with Crippen LogP contribution in [0, 0.1) is 21.4 Å². The number of carbonyl (C=O) groups excluding carboxylic acids is 2. The minimum absolute atomic E-state index is 0.0337. The van der Waals surface area contributed by atoms with Crippen molar-refractivity contribution in [3.63, 3.8) is 0 Å². The van der Waals surface area contributed by atoms with Crippen molar-refractivity contribution in [2.75, 3.05) is 11.9 Å². The molecule has 10 heteroatoms. The Labute approximate surface area is 165 Å². The third-order valence-corrected chi connectivity index (χ3v) is 4.06. The minimum Gasteiger partial charge on any atom is -0.484 e. The predicted molar refractivity (Wildman–Crippen MR) is 102 cm³/mol. The number of nitro groups is 1. The van der Waals surface area contributed by atoms with Gasteiger partial charge in [-0.1, -0.05) is 0 Å². The lowest BCUT2D eigenvalue weighted by Gasteiger charge is -2.10. The maximum atomic E-state index is 12.2. The first-order valence-electron chi connectivity index (χ1n) is 8.73. The SMILES string of the molecule is N#Cc1ccc(OCC(=O)NNC(=O)c2ccc(NC3CC3)c([N+](=O)[O-])c2)cc1. The number of carbonyl (C=O) groups is 2. The fraction of sp³-hybridized carbons (Fsp3) is 0.211. The maximum absolute atomic E-state index is 12.2. The van der Waals surface area contributed by atoms with Crippen molar-refractivity contribution in [1.82, 2.24) is 10.9 Å². The van der Waals surface area contributed by atoms with Gasteiger partial charge in [-0.2, -0.15) is 5.26 Å². The van der Waals surface area contributed by atoms with E-state index >= 15 is 0 Å². The molecule has 0 unspecified atom stereocenters. The van der Waals surface area contributed by atoms with E-state index in [1.807, 2.05) is 6.07 Å². The Hall–Kier alpha value is -4.13. The van der Waals surface area contributed by atoms with Gasteiger partial charge < -0.3 is 10.1 Å². The van der Waals surface area contributed by atoms with Gasteiger partial charge in [-0.05, 0) is 49.2 Å². The smallest absolute Gasteiger partial charge is 0.293 e. The van der Waals surface area contributed by atoms with E-state index in [2.05, 4.69) is 16.2 Å². The first kappa shape index (κ1) is 19.6. The van der Waals surface area contributed by atoms with Crippen molar-refractivity contribution in [3.05, 3.63) is 63.7 Å². The molecule has 0 radical (unpaired) electrons. The van der Waals surface area contributed by atoms with Crippen molar-refractivity contribution in [2.24, 2.45) is 0 Å². The molecule has 0 spiro atoms. The van der Waals surface area contributed by atoms with E-state index in [0.717, 1.165) is 18.9 Å². The standard InChI is InChI=1S/C19H17N5O5/c20-10-12-1-6-15(7-2-12)29-11-18(25)22-23-19(26)13-3-8-16(21-14-4-5-14)17(9-13)24(27)28/h1-3,6-9,14,21H,4-5,11H2,(H,22,25)(H,23,26). The van der Waals surface area contributed by atoms with Crippen LogP contribution in [0.1, 0.15) is 28.8 Å². The number of hydrazine groups is 1. The van der Waals surface area contributed by atoms with Gasteiger partial charge in [0.05, 0.1) is 16.6 Å². The molecular weight excluding hydrogens is 378 g/mol. The number of nitrogens with zero attached hydrogens (tertiary/aromatic N) is 2. The van der Waals surface area contributed by atoms with E-state index in [0.29, 0.717) is 17.0 Å². The van der Waals surface area contributed by atoms with Gasteiger partial charge in [-0.3, -0.25) is 30.6 Å². The molecule has 10 nitrogen and oxygen atoms in total. The van der Waals surface area contributed by atoms with Crippen LogP contribution in [0.4, 0.5) is 11.4 Å². The Morgan fingerprint density at radius 2 is 1.90 bits per heavy atom. The van der Waals surface area contributed by atoms with Gasteiger partial charge in [0, 0.05) is 17.7 Å². The zero-order valence-electron chi connectivity index (χ0n) is 15.2. The van der Waals surface area contributed by atoms with E-state index in [1.165, 1.54) is 12.1 Å². The highest BCUT2D eigenvalue weighted by atomic mass is 16.6. The summed E-state index contributed by atoms with van der Waals surface area (Å²) in [7, 11) is 0. The molecule has 1 aliphatic rings. The van der Waals surface area contributed by atoms with Crippen molar-refractivity contribution in [2.45, 2.75) is 18.9 Å². The number of nitrogens with one attached hydrogen (secondary N) is 3. The minimum atomic E-state index is -0.696. The van der Waals surface area contributed by atoms with Gasteiger partial charge in [0.15, 0.2) is 6.61 Å². The fourth-order valence-corrected chi connectivity index (χ4v) is 2.40. The number of nitriles is 1. The molecule has 2 aromatic carbocycles. The number of rotatable bonds is 7. The summed E-state index contributed by atoms with van der Waals surface area (Å²) in [5, 5.41) is 23.0. The average Bonchev–Trinajstić information content (AvgIpc) is 3.55. The van der Waals surface area contributed by atoms with Crippen molar-refractivity contribution < 1.29 is 19.2 Å². The summed E-state index contributed by atoms with van der Waals surface area (Å²) in [5.74, 6) is -0.929. The van der Waals surface area contributed by atoms with Crippen molar-refractivity contribution in [1.29, 1.82) is 5.26 Å². The Bertz CT molecular complexity index is 979. The van der Waals surface area contributed by atoms with E-state index in [4.69, 9.17) is 10.00 Å². The van der Waals surface area contributed by atoms with E-state index < -0.39 is 16.7 Å². The first-order valence-corrected chi connectivity index (χ1v) is 8.73. The molecule has 148 valence electrons. The largest absolute Gasteiger partial charge is 0.484 e. The number of anilines is 1. The van der Waals surface area contributed by atoms with Crippen LogP contribution < -0.4 is 20.9 Å². The molecule has 0 aliphatic heterocycles. The number of nitro benzene ring substituents is 1. The third kappa shape index (κ3) is 5.43. The Balaban J connectivity index is 1.52. The summed E-state index contributed by atoms with van der Waals surface area (Å²) in [6.07, 6.45) is 1.91. The van der Waals surface area contributed by atoms with Crippen LogP contribution in [0.3, 0.4) is 0 Å². The van der Waals surface area contributed by atoms with E-state index in [-0.39, 0.29) is 23.9 Å². The molecular formula is C19H17N5O5. The normalized spacial score (nSPS) is 12.4. The second kappa shape index (κ2) is 8.71. The fourth-order valence-electron chi connectivity index (χ4n) is 2.40. The highest BCUT2D eigenvalue weighted by molar-refractivity contribution is 5.96.